The highest BCUT2D eigenvalue weighted by molar-refractivity contribution is 9.10. The number of rotatable bonds is 3. The monoisotopic (exact) mass is 341 g/mol. The summed E-state index contributed by atoms with van der Waals surface area (Å²) in [6.45, 7) is 0.804. The molecule has 2 nitrogen and oxygen atoms in total. The summed E-state index contributed by atoms with van der Waals surface area (Å²) < 4.78 is 21.1. The number of benzene rings is 1. The van der Waals surface area contributed by atoms with E-state index in [4.69, 9.17) is 4.74 Å². The molecule has 1 saturated carbocycles. The van der Waals surface area contributed by atoms with E-state index >= 15 is 0 Å². The van der Waals surface area contributed by atoms with Gasteiger partial charge in [0.05, 0.1) is 5.60 Å². The lowest BCUT2D eigenvalue weighted by atomic mass is 9.69. The van der Waals surface area contributed by atoms with Crippen molar-refractivity contribution in [2.24, 2.45) is 5.92 Å². The first-order valence-electron chi connectivity index (χ1n) is 7.40. The highest BCUT2D eigenvalue weighted by Crippen LogP contribution is 2.47. The second-order valence-corrected chi connectivity index (χ2v) is 6.99. The van der Waals surface area contributed by atoms with Crippen LogP contribution in [0.1, 0.15) is 43.7 Å². The number of halogens is 2. The maximum atomic E-state index is 14.2. The summed E-state index contributed by atoms with van der Waals surface area (Å²) in [5.41, 5.74) is 0.865. The van der Waals surface area contributed by atoms with Crippen molar-refractivity contribution in [3.8, 4) is 0 Å². The lowest BCUT2D eigenvalue weighted by molar-refractivity contribution is -0.147. The maximum Gasteiger partial charge on any atom is 0.128 e. The van der Waals surface area contributed by atoms with Crippen molar-refractivity contribution < 1.29 is 9.13 Å². The molecule has 0 bridgehead atoms. The summed E-state index contributed by atoms with van der Waals surface area (Å²) in [5.74, 6) is 0.319. The van der Waals surface area contributed by atoms with E-state index in [-0.39, 0.29) is 17.5 Å². The lowest BCUT2D eigenvalue weighted by Gasteiger charge is -2.48. The smallest absolute Gasteiger partial charge is 0.128 e. The van der Waals surface area contributed by atoms with Gasteiger partial charge in [-0.3, -0.25) is 0 Å². The highest BCUT2D eigenvalue weighted by Gasteiger charge is 2.44. The van der Waals surface area contributed by atoms with Gasteiger partial charge in [-0.15, -0.1) is 0 Å². The van der Waals surface area contributed by atoms with Crippen LogP contribution >= 0.6 is 15.9 Å². The molecule has 1 spiro atoms. The summed E-state index contributed by atoms with van der Waals surface area (Å²) in [6, 6.07) is 5.26. The normalized spacial score (nSPS) is 26.2. The summed E-state index contributed by atoms with van der Waals surface area (Å²) in [5, 5.41) is 3.33. The molecular weight excluding hydrogens is 321 g/mol. The quantitative estimate of drug-likeness (QED) is 0.889. The SMILES string of the molecule is CNC(c1cc(Br)ccc1F)C1CCOC2(CCC2)C1. The molecule has 1 aliphatic heterocycles. The Labute approximate surface area is 128 Å². The molecule has 1 aromatic rings. The third-order valence-corrected chi connectivity index (χ3v) is 5.36. The largest absolute Gasteiger partial charge is 0.375 e. The number of hydrogen-bond acceptors (Lipinski definition) is 2. The molecule has 110 valence electrons. The number of hydrogen-bond donors (Lipinski definition) is 1. The molecule has 2 atom stereocenters. The molecule has 3 rings (SSSR count). The first kappa shape index (κ1) is 14.5. The Morgan fingerprint density at radius 3 is 2.90 bits per heavy atom. The molecule has 1 saturated heterocycles. The fourth-order valence-electron chi connectivity index (χ4n) is 3.67. The topological polar surface area (TPSA) is 21.3 Å². The van der Waals surface area contributed by atoms with Gasteiger partial charge in [0, 0.05) is 22.7 Å². The van der Waals surface area contributed by atoms with E-state index in [0.29, 0.717) is 5.92 Å². The van der Waals surface area contributed by atoms with Gasteiger partial charge in [-0.1, -0.05) is 15.9 Å². The van der Waals surface area contributed by atoms with E-state index in [9.17, 15) is 4.39 Å². The fourth-order valence-corrected chi connectivity index (χ4v) is 4.05. The van der Waals surface area contributed by atoms with Gasteiger partial charge >= 0.3 is 0 Å². The molecule has 1 N–H and O–H groups in total. The number of nitrogens with one attached hydrogen (secondary N) is 1. The molecule has 0 radical (unpaired) electrons. The van der Waals surface area contributed by atoms with Gasteiger partial charge in [0.1, 0.15) is 5.82 Å². The van der Waals surface area contributed by atoms with Crippen molar-refractivity contribution in [2.75, 3.05) is 13.7 Å². The standard InChI is InChI=1S/C16H21BrFNO/c1-19-15(13-9-12(17)3-4-14(13)18)11-5-8-20-16(10-11)6-2-7-16/h3-4,9,11,15,19H,2,5-8,10H2,1H3. The Hall–Kier alpha value is -0.450. The molecule has 2 fully saturated rings. The van der Waals surface area contributed by atoms with Crippen molar-refractivity contribution in [1.82, 2.24) is 5.32 Å². The third kappa shape index (κ3) is 2.66. The van der Waals surface area contributed by atoms with Gasteiger partial charge in [0.25, 0.3) is 0 Å². The highest BCUT2D eigenvalue weighted by atomic mass is 79.9. The average Bonchev–Trinajstić information content (AvgIpc) is 2.42. The van der Waals surface area contributed by atoms with Crippen LogP contribution in [0.4, 0.5) is 4.39 Å². The van der Waals surface area contributed by atoms with Crippen LogP contribution in [0.25, 0.3) is 0 Å². The molecule has 0 amide bonds. The molecule has 2 aliphatic rings. The van der Waals surface area contributed by atoms with E-state index in [2.05, 4.69) is 21.2 Å². The van der Waals surface area contributed by atoms with Crippen LogP contribution in [0.3, 0.4) is 0 Å². The zero-order valence-electron chi connectivity index (χ0n) is 11.8. The molecular formula is C16H21BrFNO. The van der Waals surface area contributed by atoms with E-state index < -0.39 is 0 Å². The zero-order chi connectivity index (χ0) is 14.2. The molecule has 4 heteroatoms. The van der Waals surface area contributed by atoms with Crippen molar-refractivity contribution in [3.05, 3.63) is 34.1 Å². The van der Waals surface area contributed by atoms with Crippen molar-refractivity contribution >= 4 is 15.9 Å². The first-order chi connectivity index (χ1) is 9.63. The average molecular weight is 342 g/mol. The second kappa shape index (κ2) is 5.74. The zero-order valence-corrected chi connectivity index (χ0v) is 13.4. The minimum absolute atomic E-state index is 0.0638. The van der Waals surface area contributed by atoms with Crippen LogP contribution in [-0.2, 0) is 4.74 Å². The van der Waals surface area contributed by atoms with Gasteiger partial charge in [-0.2, -0.15) is 0 Å². The Bertz CT molecular complexity index is 489. The molecule has 20 heavy (non-hydrogen) atoms. The van der Waals surface area contributed by atoms with Crippen LogP contribution in [0, 0.1) is 11.7 Å². The van der Waals surface area contributed by atoms with Gasteiger partial charge in [-0.05, 0) is 63.3 Å². The predicted octanol–water partition coefficient (Wildman–Crippen LogP) is 4.20. The van der Waals surface area contributed by atoms with Gasteiger partial charge < -0.3 is 10.1 Å². The fraction of sp³-hybridized carbons (Fsp3) is 0.625. The Morgan fingerprint density at radius 1 is 1.45 bits per heavy atom. The minimum Gasteiger partial charge on any atom is -0.375 e. The van der Waals surface area contributed by atoms with Crippen LogP contribution in [0.2, 0.25) is 0 Å². The predicted molar refractivity (Wildman–Crippen MR) is 81.2 cm³/mol. The number of ether oxygens (including phenoxy) is 1. The minimum atomic E-state index is -0.123. The van der Waals surface area contributed by atoms with Crippen LogP contribution < -0.4 is 5.32 Å². The summed E-state index contributed by atoms with van der Waals surface area (Å²) in [7, 11) is 1.92. The van der Waals surface area contributed by atoms with Gasteiger partial charge in [0.15, 0.2) is 0 Å². The Balaban J connectivity index is 1.83. The molecule has 1 heterocycles. The Morgan fingerprint density at radius 2 is 2.25 bits per heavy atom. The van der Waals surface area contributed by atoms with E-state index in [1.165, 1.54) is 19.3 Å². The van der Waals surface area contributed by atoms with Crippen LogP contribution in [0.5, 0.6) is 0 Å². The van der Waals surface area contributed by atoms with Crippen molar-refractivity contribution in [1.29, 1.82) is 0 Å². The molecule has 2 unspecified atom stereocenters. The van der Waals surface area contributed by atoms with E-state index in [1.807, 2.05) is 13.1 Å². The van der Waals surface area contributed by atoms with Crippen molar-refractivity contribution in [2.45, 2.75) is 43.7 Å². The van der Waals surface area contributed by atoms with Gasteiger partial charge in [-0.25, -0.2) is 4.39 Å². The van der Waals surface area contributed by atoms with Crippen LogP contribution in [-0.4, -0.2) is 19.3 Å². The molecule has 1 aliphatic carbocycles. The first-order valence-corrected chi connectivity index (χ1v) is 8.19. The van der Waals surface area contributed by atoms with E-state index in [1.54, 1.807) is 12.1 Å². The van der Waals surface area contributed by atoms with Crippen LogP contribution in [0.15, 0.2) is 22.7 Å². The third-order valence-electron chi connectivity index (χ3n) is 4.87. The summed E-state index contributed by atoms with van der Waals surface area (Å²) in [4.78, 5) is 0. The maximum absolute atomic E-state index is 14.2. The molecule has 0 aromatic heterocycles. The Kier molecular flexibility index (Phi) is 4.16. The van der Waals surface area contributed by atoms with Gasteiger partial charge in [0.2, 0.25) is 0 Å². The summed E-state index contributed by atoms with van der Waals surface area (Å²) >= 11 is 3.45. The summed E-state index contributed by atoms with van der Waals surface area (Å²) in [6.07, 6.45) is 5.65. The molecule has 1 aromatic carbocycles. The van der Waals surface area contributed by atoms with E-state index in [0.717, 1.165) is 29.5 Å². The lowest BCUT2D eigenvalue weighted by Crippen LogP contribution is -2.47. The van der Waals surface area contributed by atoms with Crippen molar-refractivity contribution in [3.63, 3.8) is 0 Å². The second-order valence-electron chi connectivity index (χ2n) is 6.07.